The minimum atomic E-state index is -0.186. The first-order valence-electron chi connectivity index (χ1n) is 6.77. The van der Waals surface area contributed by atoms with Gasteiger partial charge in [-0.1, -0.05) is 41.1 Å². The highest BCUT2D eigenvalue weighted by Gasteiger charge is 2.15. The number of benzene rings is 2. The lowest BCUT2D eigenvalue weighted by Crippen LogP contribution is -2.22. The molecule has 106 valence electrons. The predicted molar refractivity (Wildman–Crippen MR) is 85.5 cm³/mol. The predicted octanol–water partition coefficient (Wildman–Crippen LogP) is 4.90. The summed E-state index contributed by atoms with van der Waals surface area (Å²) in [5, 5.41) is 3.43. The minimum absolute atomic E-state index is 0.00583. The van der Waals surface area contributed by atoms with E-state index in [2.05, 4.69) is 53.3 Å². The lowest BCUT2D eigenvalue weighted by atomic mass is 9.96. The van der Waals surface area contributed by atoms with Crippen molar-refractivity contribution in [3.05, 3.63) is 68.9 Å². The van der Waals surface area contributed by atoms with E-state index in [0.717, 1.165) is 27.7 Å². The molecule has 2 rings (SSSR count). The highest BCUT2D eigenvalue weighted by molar-refractivity contribution is 9.10. The Labute approximate surface area is 128 Å². The first kappa shape index (κ1) is 15.2. The molecule has 20 heavy (non-hydrogen) atoms. The minimum Gasteiger partial charge on any atom is -0.307 e. The Kier molecular flexibility index (Phi) is 4.95. The fraction of sp³-hybridized carbons (Fsp3) is 0.294. The van der Waals surface area contributed by atoms with Crippen molar-refractivity contribution in [3.63, 3.8) is 0 Å². The third-order valence-electron chi connectivity index (χ3n) is 3.34. The number of rotatable bonds is 4. The Morgan fingerprint density at radius 1 is 1.10 bits per heavy atom. The molecule has 2 aromatic rings. The molecule has 0 heterocycles. The Hall–Kier alpha value is -1.19. The summed E-state index contributed by atoms with van der Waals surface area (Å²) < 4.78 is 14.7. The summed E-state index contributed by atoms with van der Waals surface area (Å²) in [6.45, 7) is 6.86. The molecule has 0 aliphatic rings. The SMILES string of the molecule is CCNC(c1cc(C)cc(F)c1)c1ccc(C)c(Br)c1. The fourth-order valence-electron chi connectivity index (χ4n) is 2.35. The first-order chi connectivity index (χ1) is 9.51. The summed E-state index contributed by atoms with van der Waals surface area (Å²) >= 11 is 3.57. The Balaban J connectivity index is 2.46. The standard InChI is InChI=1S/C17H19BrFN/c1-4-20-17(13-6-5-12(3)16(18)10-13)14-7-11(2)8-15(19)9-14/h5-10,17,20H,4H2,1-3H3. The van der Waals surface area contributed by atoms with Crippen molar-refractivity contribution in [1.82, 2.24) is 5.32 Å². The van der Waals surface area contributed by atoms with Crippen LogP contribution >= 0.6 is 15.9 Å². The maximum atomic E-state index is 13.7. The van der Waals surface area contributed by atoms with Crippen LogP contribution in [0.2, 0.25) is 0 Å². The largest absolute Gasteiger partial charge is 0.307 e. The van der Waals surface area contributed by atoms with Gasteiger partial charge in [0, 0.05) is 4.47 Å². The molecule has 0 aliphatic heterocycles. The highest BCUT2D eigenvalue weighted by Crippen LogP contribution is 2.27. The fourth-order valence-corrected chi connectivity index (χ4v) is 2.75. The third kappa shape index (κ3) is 3.47. The van der Waals surface area contributed by atoms with Crippen molar-refractivity contribution in [1.29, 1.82) is 0 Å². The van der Waals surface area contributed by atoms with Crippen molar-refractivity contribution in [2.75, 3.05) is 6.54 Å². The van der Waals surface area contributed by atoms with Crippen LogP contribution in [0.15, 0.2) is 40.9 Å². The molecule has 1 N–H and O–H groups in total. The van der Waals surface area contributed by atoms with Gasteiger partial charge in [-0.2, -0.15) is 0 Å². The molecule has 1 atom stereocenters. The van der Waals surface area contributed by atoms with Gasteiger partial charge in [-0.25, -0.2) is 4.39 Å². The van der Waals surface area contributed by atoms with E-state index >= 15 is 0 Å². The smallest absolute Gasteiger partial charge is 0.123 e. The van der Waals surface area contributed by atoms with Crippen LogP contribution in [-0.4, -0.2) is 6.54 Å². The van der Waals surface area contributed by atoms with Crippen LogP contribution in [-0.2, 0) is 0 Å². The van der Waals surface area contributed by atoms with Crippen LogP contribution in [0.25, 0.3) is 0 Å². The molecular weight excluding hydrogens is 317 g/mol. The van der Waals surface area contributed by atoms with Crippen molar-refractivity contribution >= 4 is 15.9 Å². The van der Waals surface area contributed by atoms with Crippen LogP contribution in [0.1, 0.15) is 35.2 Å². The molecule has 0 fully saturated rings. The normalized spacial score (nSPS) is 12.4. The molecular formula is C17H19BrFN. The molecule has 0 bridgehead atoms. The topological polar surface area (TPSA) is 12.0 Å². The number of halogens is 2. The quantitative estimate of drug-likeness (QED) is 0.837. The summed E-state index contributed by atoms with van der Waals surface area (Å²) in [4.78, 5) is 0. The molecule has 1 unspecified atom stereocenters. The number of nitrogens with one attached hydrogen (secondary N) is 1. The lowest BCUT2D eigenvalue weighted by Gasteiger charge is -2.20. The second kappa shape index (κ2) is 6.51. The molecule has 0 aromatic heterocycles. The molecule has 3 heteroatoms. The maximum Gasteiger partial charge on any atom is 0.123 e. The maximum absolute atomic E-state index is 13.7. The zero-order valence-corrected chi connectivity index (χ0v) is 13.6. The first-order valence-corrected chi connectivity index (χ1v) is 7.57. The van der Waals surface area contributed by atoms with E-state index in [1.165, 1.54) is 5.56 Å². The molecule has 2 aromatic carbocycles. The Morgan fingerprint density at radius 3 is 2.45 bits per heavy atom. The molecule has 0 saturated heterocycles. The van der Waals surface area contributed by atoms with Crippen LogP contribution in [0, 0.1) is 19.7 Å². The van der Waals surface area contributed by atoms with Crippen molar-refractivity contribution in [2.24, 2.45) is 0 Å². The lowest BCUT2D eigenvalue weighted by molar-refractivity contribution is 0.601. The average Bonchev–Trinajstić information content (AvgIpc) is 2.38. The molecule has 0 amide bonds. The second-order valence-corrected chi connectivity index (χ2v) is 5.92. The molecule has 0 radical (unpaired) electrons. The molecule has 0 spiro atoms. The second-order valence-electron chi connectivity index (χ2n) is 5.06. The summed E-state index contributed by atoms with van der Waals surface area (Å²) in [5.41, 5.74) is 4.22. The zero-order valence-electron chi connectivity index (χ0n) is 12.0. The molecule has 0 saturated carbocycles. The molecule has 0 aliphatic carbocycles. The van der Waals surface area contributed by atoms with Crippen molar-refractivity contribution in [2.45, 2.75) is 26.8 Å². The Bertz CT molecular complexity index is 590. The van der Waals surface area contributed by atoms with Gasteiger partial charge in [-0.15, -0.1) is 0 Å². The van der Waals surface area contributed by atoms with Gasteiger partial charge in [0.2, 0.25) is 0 Å². The van der Waals surface area contributed by atoms with Crippen LogP contribution in [0.3, 0.4) is 0 Å². The van der Waals surface area contributed by atoms with Gasteiger partial charge >= 0.3 is 0 Å². The van der Waals surface area contributed by atoms with Crippen LogP contribution in [0.4, 0.5) is 4.39 Å². The van der Waals surface area contributed by atoms with E-state index in [9.17, 15) is 4.39 Å². The number of hydrogen-bond acceptors (Lipinski definition) is 1. The van der Waals surface area contributed by atoms with Gasteiger partial charge in [0.1, 0.15) is 5.82 Å². The summed E-state index contributed by atoms with van der Waals surface area (Å²) in [6.07, 6.45) is 0. The highest BCUT2D eigenvalue weighted by atomic mass is 79.9. The van der Waals surface area contributed by atoms with E-state index in [4.69, 9.17) is 0 Å². The average molecular weight is 336 g/mol. The van der Waals surface area contributed by atoms with E-state index in [1.807, 2.05) is 13.0 Å². The van der Waals surface area contributed by atoms with E-state index < -0.39 is 0 Å². The van der Waals surface area contributed by atoms with E-state index in [-0.39, 0.29) is 11.9 Å². The van der Waals surface area contributed by atoms with Crippen molar-refractivity contribution in [3.8, 4) is 0 Å². The Morgan fingerprint density at radius 2 is 1.85 bits per heavy atom. The van der Waals surface area contributed by atoms with Gasteiger partial charge < -0.3 is 5.32 Å². The van der Waals surface area contributed by atoms with Crippen LogP contribution in [0.5, 0.6) is 0 Å². The van der Waals surface area contributed by atoms with Gasteiger partial charge in [-0.3, -0.25) is 0 Å². The third-order valence-corrected chi connectivity index (χ3v) is 4.19. The van der Waals surface area contributed by atoms with Gasteiger partial charge in [0.15, 0.2) is 0 Å². The monoisotopic (exact) mass is 335 g/mol. The summed E-state index contributed by atoms with van der Waals surface area (Å²) in [5.74, 6) is -0.186. The summed E-state index contributed by atoms with van der Waals surface area (Å²) in [7, 11) is 0. The number of hydrogen-bond donors (Lipinski definition) is 1. The zero-order chi connectivity index (χ0) is 14.7. The van der Waals surface area contributed by atoms with Gasteiger partial charge in [-0.05, 0) is 60.8 Å². The number of aryl methyl sites for hydroxylation is 2. The summed E-state index contributed by atoms with van der Waals surface area (Å²) in [6, 6.07) is 11.5. The van der Waals surface area contributed by atoms with Crippen LogP contribution < -0.4 is 5.32 Å². The van der Waals surface area contributed by atoms with E-state index in [1.54, 1.807) is 12.1 Å². The van der Waals surface area contributed by atoms with E-state index in [0.29, 0.717) is 0 Å². The van der Waals surface area contributed by atoms with Gasteiger partial charge in [0.25, 0.3) is 0 Å². The van der Waals surface area contributed by atoms with Gasteiger partial charge in [0.05, 0.1) is 6.04 Å². The molecule has 1 nitrogen and oxygen atoms in total. The van der Waals surface area contributed by atoms with Crippen molar-refractivity contribution < 1.29 is 4.39 Å².